The Kier molecular flexibility index (Phi) is 17.5. The normalized spacial score (nSPS) is 19.0. The van der Waals surface area contributed by atoms with E-state index in [1.54, 1.807) is 18.3 Å². The molecule has 30 heteroatoms. The first-order valence-corrected chi connectivity index (χ1v) is 22.2. The predicted molar refractivity (Wildman–Crippen MR) is 231 cm³/mol. The lowest BCUT2D eigenvalue weighted by atomic mass is 10.0. The summed E-state index contributed by atoms with van der Waals surface area (Å²) < 4.78 is 154. The third-order valence-electron chi connectivity index (χ3n) is 10.8. The number of anilines is 1. The van der Waals surface area contributed by atoms with Gasteiger partial charge in [0.15, 0.2) is 5.82 Å². The molecule has 3 aliphatic rings. The molecule has 5 aromatic rings. The lowest BCUT2D eigenvalue weighted by molar-refractivity contribution is -0.193. The molecule has 2 aromatic heterocycles. The number of piperazine rings is 1. The van der Waals surface area contributed by atoms with Crippen molar-refractivity contribution in [3.8, 4) is 17.3 Å². The molecule has 1 amide bonds. The maximum absolute atomic E-state index is 16.7. The number of nitrogens with zero attached hydrogens (tertiary/aromatic N) is 5. The number of likely N-dealkylation sites (N-methyl/N-ethyl adjacent to an activating group) is 1. The molecule has 4 atom stereocenters. The fourth-order valence-corrected chi connectivity index (χ4v) is 8.38. The van der Waals surface area contributed by atoms with Gasteiger partial charge < -0.3 is 35.6 Å². The van der Waals surface area contributed by atoms with E-state index in [4.69, 9.17) is 51.0 Å². The summed E-state index contributed by atoms with van der Waals surface area (Å²) in [5, 5.41) is 30.4. The van der Waals surface area contributed by atoms with Crippen molar-refractivity contribution in [1.82, 2.24) is 30.5 Å². The Hall–Kier alpha value is -6.72. The molecule has 72 heavy (non-hydrogen) atoms. The summed E-state index contributed by atoms with van der Waals surface area (Å²) >= 11 is 6.60. The van der Waals surface area contributed by atoms with Crippen molar-refractivity contribution in [3.63, 3.8) is 0 Å². The summed E-state index contributed by atoms with van der Waals surface area (Å²) in [7, 11) is -3.05. The van der Waals surface area contributed by atoms with Crippen molar-refractivity contribution < 1.29 is 95.4 Å². The van der Waals surface area contributed by atoms with Gasteiger partial charge in [0.1, 0.15) is 23.6 Å². The molecule has 0 radical (unpaired) electrons. The van der Waals surface area contributed by atoms with E-state index in [1.165, 1.54) is 12.1 Å². The highest BCUT2D eigenvalue weighted by atomic mass is 35.5. The molecular weight excluding hydrogens is 1040 g/mol. The second-order valence-electron chi connectivity index (χ2n) is 15.9. The average molecular weight is 1080 g/mol. The second-order valence-corrected chi connectivity index (χ2v) is 17.6. The van der Waals surface area contributed by atoms with Crippen molar-refractivity contribution in [2.24, 2.45) is 0 Å². The number of hydrogen-bond donors (Lipinski definition) is 5. The minimum atomic E-state index is -5.08. The molecule has 5 heterocycles. The van der Waals surface area contributed by atoms with E-state index in [1.807, 2.05) is 36.2 Å². The van der Waals surface area contributed by atoms with Gasteiger partial charge in [0.05, 0.1) is 10.3 Å². The van der Waals surface area contributed by atoms with Crippen LogP contribution in [0.5, 0.6) is 6.01 Å². The molecular formula is C42H37ClF11N7O10S. The second kappa shape index (κ2) is 22.4. The number of likely N-dealkylation sites (tertiary alicyclic amines) is 1. The minimum Gasteiger partial charge on any atom is -0.475 e. The fourth-order valence-electron chi connectivity index (χ4n) is 7.59. The molecule has 2 bridgehead atoms. The summed E-state index contributed by atoms with van der Waals surface area (Å²) in [4.78, 5) is 57.3. The van der Waals surface area contributed by atoms with Crippen molar-refractivity contribution in [2.45, 2.75) is 66.9 Å². The number of aliphatic carboxylic acids is 3. The molecule has 3 aromatic carbocycles. The van der Waals surface area contributed by atoms with E-state index in [-0.39, 0.29) is 41.5 Å². The largest absolute Gasteiger partial charge is 0.490 e. The third-order valence-corrected chi connectivity index (χ3v) is 11.9. The van der Waals surface area contributed by atoms with Gasteiger partial charge in [-0.3, -0.25) is 14.7 Å². The number of fused-ring (bicyclic) bond motifs is 4. The number of aromatic nitrogens is 3. The molecule has 5 N–H and O–H groups in total. The third kappa shape index (κ3) is 14.5. The highest BCUT2D eigenvalue weighted by molar-refractivity contribution is 7.86. The Morgan fingerprint density at radius 3 is 1.92 bits per heavy atom. The number of pyridine rings is 1. The van der Waals surface area contributed by atoms with Gasteiger partial charge in [-0.05, 0) is 56.0 Å². The molecule has 3 fully saturated rings. The quantitative estimate of drug-likeness (QED) is 0.0775. The Morgan fingerprint density at radius 1 is 0.833 bits per heavy atom. The monoisotopic (exact) mass is 1080 g/mol. The smallest absolute Gasteiger partial charge is 0.475 e. The van der Waals surface area contributed by atoms with Crippen LogP contribution in [0.4, 0.5) is 53.6 Å². The number of alkyl halides is 9. The van der Waals surface area contributed by atoms with Gasteiger partial charge in [0.25, 0.3) is 5.91 Å². The first-order chi connectivity index (χ1) is 33.3. The summed E-state index contributed by atoms with van der Waals surface area (Å²) in [6, 6.07) is 16.1. The van der Waals surface area contributed by atoms with E-state index < -0.39 is 63.3 Å². The summed E-state index contributed by atoms with van der Waals surface area (Å²) in [5.74, 6) is -8.82. The number of benzene rings is 3. The van der Waals surface area contributed by atoms with Crippen LogP contribution in [0.2, 0.25) is 5.02 Å². The van der Waals surface area contributed by atoms with E-state index in [0.717, 1.165) is 30.4 Å². The van der Waals surface area contributed by atoms with Crippen molar-refractivity contribution in [1.29, 1.82) is 0 Å². The maximum atomic E-state index is 16.7. The highest BCUT2D eigenvalue weighted by Gasteiger charge is 2.40. The summed E-state index contributed by atoms with van der Waals surface area (Å²) in [6.45, 7) is 2.06. The van der Waals surface area contributed by atoms with Gasteiger partial charge in [-0.2, -0.15) is 57.9 Å². The molecule has 0 aliphatic carbocycles. The van der Waals surface area contributed by atoms with E-state index in [0.29, 0.717) is 65.3 Å². The number of carboxylic acid groups (broad SMARTS) is 3. The minimum absolute atomic E-state index is 0.0283. The highest BCUT2D eigenvalue weighted by Crippen LogP contribution is 2.38. The zero-order valence-corrected chi connectivity index (χ0v) is 38.1. The summed E-state index contributed by atoms with van der Waals surface area (Å²) in [5.41, 5.74) is 0.813. The van der Waals surface area contributed by atoms with Crippen LogP contribution in [0.15, 0.2) is 71.8 Å². The molecule has 0 unspecified atom stereocenters. The van der Waals surface area contributed by atoms with Crippen LogP contribution in [-0.2, 0) is 24.6 Å². The van der Waals surface area contributed by atoms with Crippen molar-refractivity contribution >= 4 is 73.1 Å². The Bertz CT molecular complexity index is 2880. The van der Waals surface area contributed by atoms with Crippen LogP contribution in [0.3, 0.4) is 0 Å². The molecule has 3 saturated heterocycles. The fraction of sp³-hybridized carbons (Fsp3) is 0.357. The lowest BCUT2D eigenvalue weighted by Gasteiger charge is -2.34. The molecule has 8 rings (SSSR count). The Balaban J connectivity index is 0.000000385. The standard InChI is InChI=1S/C36H34ClF2N7O4S.3C2HF3O2/c1-45-16-24(42-35(47)21-7-2-8-26(13-21)51(39,48)49)14-25(45)19-50-36-43-33-28(34(44-36)46-17-22-11-12-23(18-46)41-22)15-40-32(31(33)38)27-9-3-5-20-6-4-10-29(37)30(20)27;3*3-2(4,5)1(6)7/h2-10,13,15,22-25,41H,11-12,14,16-19H2,1H3,(H,42,47);3*(H,6,7)/t22-,23+,24-,25+;;;/m1.../s1. The number of carbonyl (C=O) groups excluding carboxylic acids is 1. The van der Waals surface area contributed by atoms with E-state index in [2.05, 4.69) is 25.5 Å². The zero-order valence-electron chi connectivity index (χ0n) is 36.5. The first-order valence-electron chi connectivity index (χ1n) is 20.5. The Labute approximate surface area is 403 Å². The molecule has 0 spiro atoms. The van der Waals surface area contributed by atoms with Crippen molar-refractivity contribution in [3.05, 3.63) is 83.3 Å². The number of nitrogens with one attached hydrogen (secondary N) is 2. The first kappa shape index (κ1) is 56.2. The van der Waals surface area contributed by atoms with Crippen LogP contribution >= 0.6 is 11.6 Å². The van der Waals surface area contributed by atoms with Crippen LogP contribution in [0, 0.1) is 5.82 Å². The maximum Gasteiger partial charge on any atom is 0.490 e. The van der Waals surface area contributed by atoms with Gasteiger partial charge in [-0.15, -0.1) is 3.89 Å². The molecule has 390 valence electrons. The summed E-state index contributed by atoms with van der Waals surface area (Å²) in [6.07, 6.45) is -11.0. The average Bonchev–Trinajstić information content (AvgIpc) is 3.82. The number of halogens is 12. The topological polar surface area (TPSA) is 242 Å². The molecule has 17 nitrogen and oxygen atoms in total. The van der Waals surface area contributed by atoms with Crippen LogP contribution in [0.1, 0.15) is 29.6 Å². The van der Waals surface area contributed by atoms with Crippen LogP contribution in [0.25, 0.3) is 32.9 Å². The van der Waals surface area contributed by atoms with Crippen LogP contribution < -0.4 is 20.3 Å². The zero-order chi connectivity index (χ0) is 53.7. The van der Waals surface area contributed by atoms with E-state index in [9.17, 15) is 56.6 Å². The number of rotatable bonds is 8. The van der Waals surface area contributed by atoms with Gasteiger partial charge in [0, 0.05) is 71.5 Å². The molecule has 3 aliphatic heterocycles. The van der Waals surface area contributed by atoms with Gasteiger partial charge in [-0.1, -0.05) is 48.0 Å². The number of ether oxygens (including phenoxy) is 1. The molecule has 0 saturated carbocycles. The number of carboxylic acids is 3. The SMILES string of the molecule is CN1C[C@H](NC(=O)c2cccc(S(=O)(=O)F)c2)C[C@H]1COc1nc(N2C[C@H]3CC[C@@H](C2)N3)c2cnc(-c3cccc4cccc(Cl)c34)c(F)c2n1.O=C(O)C(F)(F)F.O=C(O)C(F)(F)F.O=C(O)C(F)(F)F. The van der Waals surface area contributed by atoms with E-state index >= 15 is 4.39 Å². The predicted octanol–water partition coefficient (Wildman–Crippen LogP) is 7.02. The van der Waals surface area contributed by atoms with Crippen molar-refractivity contribution in [2.75, 3.05) is 38.2 Å². The number of amides is 1. The number of hydrogen-bond acceptors (Lipinski definition) is 13. The number of carbonyl (C=O) groups is 4. The Morgan fingerprint density at radius 2 is 1.38 bits per heavy atom. The van der Waals surface area contributed by atoms with Gasteiger partial charge in [-0.25, -0.2) is 18.8 Å². The lowest BCUT2D eigenvalue weighted by Crippen LogP contribution is -2.51. The van der Waals surface area contributed by atoms with Gasteiger partial charge in [0.2, 0.25) is 0 Å². The van der Waals surface area contributed by atoms with Gasteiger partial charge >= 0.3 is 52.7 Å². The van der Waals surface area contributed by atoms with Crippen LogP contribution in [-0.4, -0.2) is 143 Å².